The first-order valence-corrected chi connectivity index (χ1v) is 5.30. The third-order valence-corrected chi connectivity index (χ3v) is 2.33. The molecular weight excluding hydrogens is 277 g/mol. The predicted molar refractivity (Wildman–Crippen MR) is 62.2 cm³/mol. The zero-order valence-electron chi connectivity index (χ0n) is 10.1. The number of nitrogens with zero attached hydrogens (tertiary/aromatic N) is 4. The molecule has 2 heterocycles. The third-order valence-electron chi connectivity index (χ3n) is 2.33. The van der Waals surface area contributed by atoms with Crippen LogP contribution in [0.1, 0.15) is 16.1 Å². The van der Waals surface area contributed by atoms with Crippen molar-refractivity contribution in [3.8, 4) is 5.82 Å². The summed E-state index contributed by atoms with van der Waals surface area (Å²) in [5.41, 5.74) is 3.98. The number of nitrogens with two attached hydrogens (primary N) is 1. The number of hydrogen-bond acceptors (Lipinski definition) is 5. The second-order valence-corrected chi connectivity index (χ2v) is 3.72. The molecule has 10 heteroatoms. The minimum atomic E-state index is -4.62. The topological polar surface area (TPSA) is 98.7 Å². The van der Waals surface area contributed by atoms with Crippen molar-refractivity contribution in [2.75, 3.05) is 12.4 Å². The molecule has 2 aromatic heterocycles. The van der Waals surface area contributed by atoms with Crippen molar-refractivity contribution in [3.05, 3.63) is 29.7 Å². The predicted octanol–water partition coefficient (Wildman–Crippen LogP) is 0.822. The smallest absolute Gasteiger partial charge is 0.366 e. The number of hydrogen-bond donors (Lipinski definition) is 2. The Kier molecular flexibility index (Phi) is 3.30. The van der Waals surface area contributed by atoms with Gasteiger partial charge in [-0.1, -0.05) is 0 Å². The fourth-order valence-corrected chi connectivity index (χ4v) is 1.38. The van der Waals surface area contributed by atoms with Gasteiger partial charge in [0.05, 0.1) is 11.8 Å². The Morgan fingerprint density at radius 2 is 2.10 bits per heavy atom. The zero-order chi connectivity index (χ0) is 14.9. The first-order valence-electron chi connectivity index (χ1n) is 5.30. The second-order valence-electron chi connectivity index (χ2n) is 3.72. The number of aromatic nitrogens is 4. The molecule has 0 aliphatic carbocycles. The Morgan fingerprint density at radius 3 is 2.60 bits per heavy atom. The van der Waals surface area contributed by atoms with Crippen LogP contribution in [0, 0.1) is 0 Å². The summed E-state index contributed by atoms with van der Waals surface area (Å²) in [5, 5.41) is 6.16. The molecule has 0 fully saturated rings. The van der Waals surface area contributed by atoms with E-state index < -0.39 is 17.8 Å². The quantitative estimate of drug-likeness (QED) is 0.870. The molecule has 0 saturated heterocycles. The summed E-state index contributed by atoms with van der Waals surface area (Å²) in [6, 6.07) is 0.721. The molecule has 2 aromatic rings. The number of amides is 1. The lowest BCUT2D eigenvalue weighted by Crippen LogP contribution is -2.13. The minimum absolute atomic E-state index is 0.0585. The number of anilines is 1. The number of alkyl halides is 3. The number of halogens is 3. The van der Waals surface area contributed by atoms with Gasteiger partial charge in [-0.3, -0.25) is 4.79 Å². The van der Waals surface area contributed by atoms with Crippen LogP contribution in [-0.2, 0) is 6.18 Å². The summed E-state index contributed by atoms with van der Waals surface area (Å²) in [7, 11) is 1.39. The van der Waals surface area contributed by atoms with Gasteiger partial charge in [0.25, 0.3) is 5.91 Å². The lowest BCUT2D eigenvalue weighted by Gasteiger charge is -2.09. The fraction of sp³-hybridized carbons (Fsp3) is 0.200. The molecule has 2 rings (SSSR count). The van der Waals surface area contributed by atoms with Crippen LogP contribution in [0.15, 0.2) is 18.5 Å². The monoisotopic (exact) mass is 286 g/mol. The van der Waals surface area contributed by atoms with Crippen LogP contribution < -0.4 is 11.1 Å². The van der Waals surface area contributed by atoms with Crippen LogP contribution in [0.3, 0.4) is 0 Å². The minimum Gasteiger partial charge on any atom is -0.366 e. The Hall–Kier alpha value is -2.65. The standard InChI is InChI=1S/C10H9F3N6O/c1-15-9-17-6(10(11,12)13)2-7(18-9)19-4-5(3-16-19)8(14)20/h2-4H,1H3,(H2,14,20)(H,15,17,18). The summed E-state index contributed by atoms with van der Waals surface area (Å²) in [4.78, 5) is 18.1. The van der Waals surface area contributed by atoms with Crippen molar-refractivity contribution in [1.29, 1.82) is 0 Å². The molecule has 20 heavy (non-hydrogen) atoms. The molecule has 0 aromatic carbocycles. The highest BCUT2D eigenvalue weighted by Gasteiger charge is 2.34. The van der Waals surface area contributed by atoms with Gasteiger partial charge in [-0.15, -0.1) is 0 Å². The zero-order valence-corrected chi connectivity index (χ0v) is 10.1. The van der Waals surface area contributed by atoms with E-state index in [9.17, 15) is 18.0 Å². The highest BCUT2D eigenvalue weighted by molar-refractivity contribution is 5.92. The normalized spacial score (nSPS) is 11.4. The third kappa shape index (κ3) is 2.68. The van der Waals surface area contributed by atoms with Crippen molar-refractivity contribution < 1.29 is 18.0 Å². The lowest BCUT2D eigenvalue weighted by molar-refractivity contribution is -0.141. The number of carbonyl (C=O) groups excluding carboxylic acids is 1. The molecule has 0 radical (unpaired) electrons. The summed E-state index contributed by atoms with van der Waals surface area (Å²) < 4.78 is 39.1. The average molecular weight is 286 g/mol. The molecular formula is C10H9F3N6O. The van der Waals surface area contributed by atoms with Crippen LogP contribution in [0.4, 0.5) is 19.1 Å². The molecule has 0 spiro atoms. The maximum atomic E-state index is 12.7. The van der Waals surface area contributed by atoms with Crippen LogP contribution in [0.5, 0.6) is 0 Å². The van der Waals surface area contributed by atoms with Gasteiger partial charge in [-0.05, 0) is 0 Å². The highest BCUT2D eigenvalue weighted by atomic mass is 19.4. The van der Waals surface area contributed by atoms with Crippen molar-refractivity contribution >= 4 is 11.9 Å². The second kappa shape index (κ2) is 4.79. The first kappa shape index (κ1) is 13.8. The van der Waals surface area contributed by atoms with Gasteiger partial charge in [-0.2, -0.15) is 23.3 Å². The van der Waals surface area contributed by atoms with Crippen molar-refractivity contribution in [2.24, 2.45) is 5.73 Å². The van der Waals surface area contributed by atoms with E-state index in [0.29, 0.717) is 0 Å². The van der Waals surface area contributed by atoms with Crippen LogP contribution in [0.25, 0.3) is 5.82 Å². The van der Waals surface area contributed by atoms with Gasteiger partial charge in [0, 0.05) is 19.3 Å². The summed E-state index contributed by atoms with van der Waals surface area (Å²) in [6.07, 6.45) is -2.30. The van der Waals surface area contributed by atoms with E-state index >= 15 is 0 Å². The molecule has 0 aliphatic heterocycles. The van der Waals surface area contributed by atoms with Gasteiger partial charge in [-0.25, -0.2) is 9.67 Å². The maximum absolute atomic E-state index is 12.7. The lowest BCUT2D eigenvalue weighted by atomic mass is 10.3. The molecule has 0 unspecified atom stereocenters. The van der Waals surface area contributed by atoms with E-state index in [1.807, 2.05) is 0 Å². The molecule has 0 aliphatic rings. The molecule has 0 atom stereocenters. The molecule has 1 amide bonds. The van der Waals surface area contributed by atoms with Gasteiger partial charge in [0.1, 0.15) is 0 Å². The number of rotatable bonds is 3. The summed E-state index contributed by atoms with van der Waals surface area (Å²) >= 11 is 0. The van der Waals surface area contributed by atoms with Gasteiger partial charge >= 0.3 is 6.18 Å². The average Bonchev–Trinajstić information content (AvgIpc) is 2.87. The highest BCUT2D eigenvalue weighted by Crippen LogP contribution is 2.29. The maximum Gasteiger partial charge on any atom is 0.433 e. The Balaban J connectivity index is 2.52. The van der Waals surface area contributed by atoms with Crippen molar-refractivity contribution in [1.82, 2.24) is 19.7 Å². The Morgan fingerprint density at radius 1 is 1.40 bits per heavy atom. The van der Waals surface area contributed by atoms with Gasteiger partial charge < -0.3 is 11.1 Å². The van der Waals surface area contributed by atoms with E-state index in [2.05, 4.69) is 20.4 Å². The molecule has 0 bridgehead atoms. The number of nitrogens with one attached hydrogen (secondary N) is 1. The Bertz CT molecular complexity index is 651. The van der Waals surface area contributed by atoms with Crippen LogP contribution >= 0.6 is 0 Å². The summed E-state index contributed by atoms with van der Waals surface area (Å²) in [5.74, 6) is -1.09. The van der Waals surface area contributed by atoms with Gasteiger partial charge in [0.15, 0.2) is 11.5 Å². The molecule has 0 saturated carbocycles. The van der Waals surface area contributed by atoms with Crippen LogP contribution in [-0.4, -0.2) is 32.7 Å². The van der Waals surface area contributed by atoms with Crippen molar-refractivity contribution in [2.45, 2.75) is 6.18 Å². The largest absolute Gasteiger partial charge is 0.433 e. The Labute approximate surface area is 110 Å². The number of primary amides is 1. The fourth-order valence-electron chi connectivity index (χ4n) is 1.38. The number of carbonyl (C=O) groups is 1. The van der Waals surface area contributed by atoms with Crippen molar-refractivity contribution in [3.63, 3.8) is 0 Å². The summed E-state index contributed by atoms with van der Waals surface area (Å²) in [6.45, 7) is 0. The van der Waals surface area contributed by atoms with E-state index in [4.69, 9.17) is 5.73 Å². The molecule has 3 N–H and O–H groups in total. The molecule has 7 nitrogen and oxygen atoms in total. The van der Waals surface area contributed by atoms with E-state index in [0.717, 1.165) is 16.9 Å². The van der Waals surface area contributed by atoms with E-state index in [1.165, 1.54) is 13.2 Å². The SMILES string of the molecule is CNc1nc(-n2cc(C(N)=O)cn2)cc(C(F)(F)F)n1. The van der Waals surface area contributed by atoms with E-state index in [1.54, 1.807) is 0 Å². The first-order chi connectivity index (χ1) is 9.31. The van der Waals surface area contributed by atoms with Gasteiger partial charge in [0.2, 0.25) is 5.95 Å². The van der Waals surface area contributed by atoms with Crippen LogP contribution in [0.2, 0.25) is 0 Å². The van der Waals surface area contributed by atoms with E-state index in [-0.39, 0.29) is 17.3 Å². The molecule has 106 valence electrons.